The van der Waals surface area contributed by atoms with Crippen LogP contribution in [0.1, 0.15) is 19.2 Å². The molecule has 1 aromatic heterocycles. The van der Waals surface area contributed by atoms with Crippen LogP contribution in [0.2, 0.25) is 0 Å². The molecule has 0 amide bonds. The molecule has 1 fully saturated rings. The Labute approximate surface area is 138 Å². The van der Waals surface area contributed by atoms with E-state index in [-0.39, 0.29) is 6.47 Å². The largest absolute Gasteiger partial charge is 0.483 e. The molecule has 0 spiro atoms. The summed E-state index contributed by atoms with van der Waals surface area (Å²) in [5, 5.41) is 11.1. The fourth-order valence-corrected chi connectivity index (χ4v) is 2.91. The van der Waals surface area contributed by atoms with E-state index in [1.807, 2.05) is 4.68 Å². The zero-order chi connectivity index (χ0) is 17.1. The van der Waals surface area contributed by atoms with Gasteiger partial charge in [0.25, 0.3) is 6.47 Å². The summed E-state index contributed by atoms with van der Waals surface area (Å²) in [4.78, 5) is 17.6. The van der Waals surface area contributed by atoms with Crippen LogP contribution in [-0.4, -0.2) is 83.1 Å². The topological polar surface area (TPSA) is 83.7 Å². The van der Waals surface area contributed by atoms with Gasteiger partial charge in [0, 0.05) is 33.3 Å². The standard InChI is InChI=1S/C14H27N5O.CH2O2/c1-4-19-14(15-12-16-19)11-17(2)9-13-5-6-18(10-13)7-8-20-3;2-1-3/h12-13H,4-11H2,1-3H3;1H,(H,2,3). The maximum absolute atomic E-state index is 8.36. The smallest absolute Gasteiger partial charge is 0.290 e. The van der Waals surface area contributed by atoms with Gasteiger partial charge in [-0.1, -0.05) is 0 Å². The Morgan fingerprint density at radius 2 is 2.30 bits per heavy atom. The summed E-state index contributed by atoms with van der Waals surface area (Å²) in [5.74, 6) is 1.82. The van der Waals surface area contributed by atoms with Crippen LogP contribution >= 0.6 is 0 Å². The van der Waals surface area contributed by atoms with Gasteiger partial charge in [0.2, 0.25) is 0 Å². The van der Waals surface area contributed by atoms with Crippen LogP contribution in [0.15, 0.2) is 6.33 Å². The summed E-state index contributed by atoms with van der Waals surface area (Å²) in [5.41, 5.74) is 0. The number of hydrogen-bond acceptors (Lipinski definition) is 6. The lowest BCUT2D eigenvalue weighted by Gasteiger charge is -2.21. The second kappa shape index (κ2) is 11.1. The number of carbonyl (C=O) groups is 1. The number of likely N-dealkylation sites (tertiary alicyclic amines) is 1. The highest BCUT2D eigenvalue weighted by Crippen LogP contribution is 2.17. The molecular formula is C15H29N5O3. The monoisotopic (exact) mass is 327 g/mol. The van der Waals surface area contributed by atoms with E-state index in [1.54, 1.807) is 13.4 Å². The molecule has 1 aliphatic rings. The van der Waals surface area contributed by atoms with Crippen molar-refractivity contribution < 1.29 is 14.6 Å². The van der Waals surface area contributed by atoms with Crippen LogP contribution in [0.3, 0.4) is 0 Å². The van der Waals surface area contributed by atoms with E-state index in [1.165, 1.54) is 19.5 Å². The van der Waals surface area contributed by atoms with E-state index >= 15 is 0 Å². The van der Waals surface area contributed by atoms with Crippen molar-refractivity contribution in [2.45, 2.75) is 26.4 Å². The van der Waals surface area contributed by atoms with Gasteiger partial charge >= 0.3 is 0 Å². The molecule has 0 aromatic carbocycles. The van der Waals surface area contributed by atoms with Crippen LogP contribution < -0.4 is 0 Å². The minimum absolute atomic E-state index is 0.250. The summed E-state index contributed by atoms with van der Waals surface area (Å²) in [6.45, 7) is 9.02. The number of methoxy groups -OCH3 is 1. The summed E-state index contributed by atoms with van der Waals surface area (Å²) in [6, 6.07) is 0. The average molecular weight is 327 g/mol. The van der Waals surface area contributed by atoms with Crippen molar-refractivity contribution in [3.8, 4) is 0 Å². The van der Waals surface area contributed by atoms with Crippen LogP contribution in [0.5, 0.6) is 0 Å². The molecule has 1 atom stereocenters. The molecule has 8 nitrogen and oxygen atoms in total. The molecule has 2 heterocycles. The number of carboxylic acid groups (broad SMARTS) is 1. The molecule has 0 bridgehead atoms. The highest BCUT2D eigenvalue weighted by Gasteiger charge is 2.23. The first-order valence-corrected chi connectivity index (χ1v) is 7.98. The molecule has 1 aromatic rings. The molecule has 0 saturated carbocycles. The number of rotatable bonds is 8. The number of hydrogen-bond donors (Lipinski definition) is 1. The molecule has 0 radical (unpaired) electrons. The average Bonchev–Trinajstić information content (AvgIpc) is 3.15. The Balaban J connectivity index is 0.000000816. The molecule has 1 unspecified atom stereocenters. The number of ether oxygens (including phenoxy) is 1. The lowest BCUT2D eigenvalue weighted by molar-refractivity contribution is -0.122. The maximum Gasteiger partial charge on any atom is 0.290 e. The first-order chi connectivity index (χ1) is 11.1. The van der Waals surface area contributed by atoms with Crippen molar-refractivity contribution in [3.63, 3.8) is 0 Å². The molecule has 1 N–H and O–H groups in total. The number of nitrogens with zero attached hydrogens (tertiary/aromatic N) is 5. The lowest BCUT2D eigenvalue weighted by atomic mass is 10.1. The van der Waals surface area contributed by atoms with Crippen LogP contribution in [0.4, 0.5) is 0 Å². The molecule has 23 heavy (non-hydrogen) atoms. The van der Waals surface area contributed by atoms with E-state index in [0.717, 1.165) is 44.5 Å². The Morgan fingerprint density at radius 3 is 2.96 bits per heavy atom. The van der Waals surface area contributed by atoms with E-state index in [2.05, 4.69) is 33.9 Å². The molecule has 2 rings (SSSR count). The molecule has 1 saturated heterocycles. The summed E-state index contributed by atoms with van der Waals surface area (Å²) < 4.78 is 7.11. The highest BCUT2D eigenvalue weighted by molar-refractivity contribution is 5.32. The molecule has 8 heteroatoms. The zero-order valence-electron chi connectivity index (χ0n) is 14.4. The first-order valence-electron chi connectivity index (χ1n) is 7.98. The van der Waals surface area contributed by atoms with E-state index in [0.29, 0.717) is 0 Å². The van der Waals surface area contributed by atoms with E-state index in [9.17, 15) is 0 Å². The van der Waals surface area contributed by atoms with Gasteiger partial charge in [0.15, 0.2) is 0 Å². The Morgan fingerprint density at radius 1 is 1.57 bits per heavy atom. The van der Waals surface area contributed by atoms with E-state index < -0.39 is 0 Å². The number of aryl methyl sites for hydroxylation is 1. The number of aromatic nitrogens is 3. The summed E-state index contributed by atoms with van der Waals surface area (Å²) >= 11 is 0. The van der Waals surface area contributed by atoms with Gasteiger partial charge in [0.1, 0.15) is 12.2 Å². The Hall–Kier alpha value is -1.51. The second-order valence-electron chi connectivity index (χ2n) is 5.74. The van der Waals surface area contributed by atoms with Gasteiger partial charge in [-0.05, 0) is 32.9 Å². The lowest BCUT2D eigenvalue weighted by Crippen LogP contribution is -2.30. The molecule has 0 aliphatic carbocycles. The summed E-state index contributed by atoms with van der Waals surface area (Å²) in [7, 11) is 3.94. The fraction of sp³-hybridized carbons (Fsp3) is 0.800. The van der Waals surface area contributed by atoms with Crippen molar-refractivity contribution in [2.75, 3.05) is 46.9 Å². The van der Waals surface area contributed by atoms with E-state index in [4.69, 9.17) is 14.6 Å². The quantitative estimate of drug-likeness (QED) is 0.692. The predicted octanol–water partition coefficient (Wildman–Crippen LogP) is 0.399. The molecule has 132 valence electrons. The van der Waals surface area contributed by atoms with Gasteiger partial charge in [-0.25, -0.2) is 9.67 Å². The minimum Gasteiger partial charge on any atom is -0.483 e. The SMILES string of the molecule is CCn1ncnc1CN(C)CC1CCN(CCOC)C1.O=CO. The van der Waals surface area contributed by atoms with Gasteiger partial charge in [-0.15, -0.1) is 0 Å². The van der Waals surface area contributed by atoms with Crippen molar-refractivity contribution in [1.29, 1.82) is 0 Å². The Kier molecular flexibility index (Phi) is 9.42. The van der Waals surface area contributed by atoms with Crippen molar-refractivity contribution in [3.05, 3.63) is 12.2 Å². The first kappa shape index (κ1) is 19.5. The van der Waals surface area contributed by atoms with Gasteiger partial charge in [-0.2, -0.15) is 5.10 Å². The maximum atomic E-state index is 8.36. The zero-order valence-corrected chi connectivity index (χ0v) is 14.4. The third-order valence-electron chi connectivity index (χ3n) is 3.96. The van der Waals surface area contributed by atoms with Crippen LogP contribution in [-0.2, 0) is 22.6 Å². The van der Waals surface area contributed by atoms with Gasteiger partial charge in [-0.3, -0.25) is 9.69 Å². The fourth-order valence-electron chi connectivity index (χ4n) is 2.91. The molecule has 1 aliphatic heterocycles. The Bertz CT molecular complexity index is 441. The van der Waals surface area contributed by atoms with Crippen molar-refractivity contribution >= 4 is 6.47 Å². The van der Waals surface area contributed by atoms with Crippen LogP contribution in [0, 0.1) is 5.92 Å². The summed E-state index contributed by atoms with van der Waals surface area (Å²) in [6.07, 6.45) is 2.93. The van der Waals surface area contributed by atoms with Crippen molar-refractivity contribution in [2.24, 2.45) is 5.92 Å². The second-order valence-corrected chi connectivity index (χ2v) is 5.74. The minimum atomic E-state index is -0.250. The third-order valence-corrected chi connectivity index (χ3v) is 3.96. The predicted molar refractivity (Wildman–Crippen MR) is 87.1 cm³/mol. The van der Waals surface area contributed by atoms with Gasteiger partial charge in [0.05, 0.1) is 13.2 Å². The van der Waals surface area contributed by atoms with Crippen molar-refractivity contribution in [1.82, 2.24) is 24.6 Å². The third kappa shape index (κ3) is 7.06. The highest BCUT2D eigenvalue weighted by atomic mass is 16.5. The van der Waals surface area contributed by atoms with Gasteiger partial charge < -0.3 is 14.7 Å². The normalized spacial score (nSPS) is 18.0. The molecular weight excluding hydrogens is 298 g/mol. The van der Waals surface area contributed by atoms with Crippen LogP contribution in [0.25, 0.3) is 0 Å².